The summed E-state index contributed by atoms with van der Waals surface area (Å²) >= 11 is 11.7. The van der Waals surface area contributed by atoms with Crippen molar-refractivity contribution in [3.8, 4) is 11.5 Å². The minimum absolute atomic E-state index is 0.0924. The smallest absolute Gasteiger partial charge is 0.298 e. The lowest BCUT2D eigenvalue weighted by molar-refractivity contribution is -0.384. The van der Waals surface area contributed by atoms with Gasteiger partial charge in [0.1, 0.15) is 10.7 Å². The minimum Gasteiger partial charge on any atom is -0.454 e. The van der Waals surface area contributed by atoms with E-state index in [2.05, 4.69) is 4.98 Å². The van der Waals surface area contributed by atoms with Gasteiger partial charge in [0, 0.05) is 16.5 Å². The third kappa shape index (κ3) is 2.21. The van der Waals surface area contributed by atoms with Gasteiger partial charge in [-0.25, -0.2) is 4.98 Å². The number of nitrogens with zero attached hydrogens (tertiary/aromatic N) is 2. The molecule has 0 bridgehead atoms. The number of fused-ring (bicyclic) bond motifs is 1. The van der Waals surface area contributed by atoms with Crippen LogP contribution in [-0.4, -0.2) is 9.91 Å². The summed E-state index contributed by atoms with van der Waals surface area (Å²) in [6.45, 7) is 0. The van der Waals surface area contributed by atoms with Gasteiger partial charge >= 0.3 is 0 Å². The molecule has 0 unspecified atom stereocenters. The van der Waals surface area contributed by atoms with Crippen LogP contribution in [0.4, 0.5) is 5.69 Å². The van der Waals surface area contributed by atoms with Gasteiger partial charge in [-0.15, -0.1) is 0 Å². The van der Waals surface area contributed by atoms with Crippen LogP contribution in [0.1, 0.15) is 0 Å². The van der Waals surface area contributed by atoms with E-state index in [-0.39, 0.29) is 22.3 Å². The summed E-state index contributed by atoms with van der Waals surface area (Å²) < 4.78 is 5.57. The van der Waals surface area contributed by atoms with Gasteiger partial charge in [0.05, 0.1) is 4.92 Å². The number of nitro groups is 1. The molecule has 0 radical (unpaired) electrons. The van der Waals surface area contributed by atoms with E-state index in [0.717, 1.165) is 5.39 Å². The molecule has 3 rings (SSSR count). The van der Waals surface area contributed by atoms with Crippen molar-refractivity contribution < 1.29 is 9.34 Å². The van der Waals surface area contributed by atoms with Crippen molar-refractivity contribution in [2.45, 2.75) is 0 Å². The minimum atomic E-state index is -0.529. The van der Waals surface area contributed by atoms with Crippen molar-refractivity contribution in [3.05, 3.63) is 56.7 Å². The molecule has 0 spiro atoms. The lowest BCUT2D eigenvalue weighted by atomic mass is 10.2. The SMILES string of the molecule is O=[N+]([O-])c1ccc(Cl)nc1-c1cc2cc(Cl)ccc2o1. The Morgan fingerprint density at radius 2 is 1.95 bits per heavy atom. The highest BCUT2D eigenvalue weighted by Crippen LogP contribution is 2.34. The fourth-order valence-electron chi connectivity index (χ4n) is 1.89. The maximum atomic E-state index is 11.0. The van der Waals surface area contributed by atoms with Gasteiger partial charge < -0.3 is 4.42 Å². The van der Waals surface area contributed by atoms with Gasteiger partial charge in [0.15, 0.2) is 11.5 Å². The molecule has 0 amide bonds. The van der Waals surface area contributed by atoms with Gasteiger partial charge in [-0.2, -0.15) is 0 Å². The van der Waals surface area contributed by atoms with Crippen LogP contribution in [0.15, 0.2) is 40.8 Å². The van der Waals surface area contributed by atoms with E-state index in [1.807, 2.05) is 0 Å². The molecule has 7 heteroatoms. The van der Waals surface area contributed by atoms with Crippen LogP contribution >= 0.6 is 23.2 Å². The first kappa shape index (κ1) is 12.9. The predicted molar refractivity (Wildman–Crippen MR) is 76.1 cm³/mol. The van der Waals surface area contributed by atoms with Crippen LogP contribution in [0.2, 0.25) is 10.2 Å². The number of halogens is 2. The Hall–Kier alpha value is -2.11. The van der Waals surface area contributed by atoms with Crippen LogP contribution in [-0.2, 0) is 0 Å². The third-order valence-electron chi connectivity index (χ3n) is 2.75. The largest absolute Gasteiger partial charge is 0.454 e. The number of pyridine rings is 1. The maximum absolute atomic E-state index is 11.0. The van der Waals surface area contributed by atoms with Crippen molar-refractivity contribution in [3.63, 3.8) is 0 Å². The molecule has 20 heavy (non-hydrogen) atoms. The van der Waals surface area contributed by atoms with E-state index in [1.54, 1.807) is 24.3 Å². The lowest BCUT2D eigenvalue weighted by Crippen LogP contribution is -1.94. The van der Waals surface area contributed by atoms with E-state index in [9.17, 15) is 10.1 Å². The molecular weight excluding hydrogens is 303 g/mol. The first-order valence-electron chi connectivity index (χ1n) is 5.55. The normalized spacial score (nSPS) is 10.9. The highest BCUT2D eigenvalue weighted by molar-refractivity contribution is 6.31. The second-order valence-electron chi connectivity index (χ2n) is 4.05. The summed E-state index contributed by atoms with van der Waals surface area (Å²) in [6.07, 6.45) is 0. The van der Waals surface area contributed by atoms with Gasteiger partial charge in [-0.3, -0.25) is 10.1 Å². The zero-order chi connectivity index (χ0) is 14.3. The summed E-state index contributed by atoms with van der Waals surface area (Å²) in [4.78, 5) is 14.5. The Labute approximate surface area is 122 Å². The number of rotatable bonds is 2. The molecule has 0 saturated heterocycles. The first-order chi connectivity index (χ1) is 9.54. The topological polar surface area (TPSA) is 69.2 Å². The maximum Gasteiger partial charge on any atom is 0.298 e. The zero-order valence-corrected chi connectivity index (χ0v) is 11.4. The Balaban J connectivity index is 2.24. The second kappa shape index (κ2) is 4.77. The fraction of sp³-hybridized carbons (Fsp3) is 0. The molecule has 0 aliphatic heterocycles. The Morgan fingerprint density at radius 3 is 2.70 bits per heavy atom. The molecule has 3 aromatic rings. The zero-order valence-electron chi connectivity index (χ0n) is 9.84. The lowest BCUT2D eigenvalue weighted by Gasteiger charge is -1.98. The van der Waals surface area contributed by atoms with Crippen molar-refractivity contribution >= 4 is 39.9 Å². The van der Waals surface area contributed by atoms with E-state index < -0.39 is 4.92 Å². The van der Waals surface area contributed by atoms with E-state index in [0.29, 0.717) is 10.6 Å². The Bertz CT molecular complexity index is 830. The van der Waals surface area contributed by atoms with Gasteiger partial charge in [0.25, 0.3) is 5.69 Å². The van der Waals surface area contributed by atoms with Crippen LogP contribution in [0.3, 0.4) is 0 Å². The monoisotopic (exact) mass is 308 g/mol. The molecular formula is C13H6Cl2N2O3. The summed E-state index contributed by atoms with van der Waals surface area (Å²) in [6, 6.07) is 9.38. The second-order valence-corrected chi connectivity index (χ2v) is 4.88. The molecule has 1 aromatic carbocycles. The quantitative estimate of drug-likeness (QED) is 0.390. The number of aromatic nitrogens is 1. The average molecular weight is 309 g/mol. The third-order valence-corrected chi connectivity index (χ3v) is 3.19. The highest BCUT2D eigenvalue weighted by Gasteiger charge is 2.20. The van der Waals surface area contributed by atoms with Crippen molar-refractivity contribution in [1.82, 2.24) is 4.98 Å². The van der Waals surface area contributed by atoms with Crippen LogP contribution < -0.4 is 0 Å². The van der Waals surface area contributed by atoms with E-state index >= 15 is 0 Å². The summed E-state index contributed by atoms with van der Waals surface area (Å²) in [5.74, 6) is 0.275. The van der Waals surface area contributed by atoms with E-state index in [1.165, 1.54) is 12.1 Å². The molecule has 0 aliphatic carbocycles. The van der Waals surface area contributed by atoms with Gasteiger partial charge in [-0.1, -0.05) is 23.2 Å². The number of furan rings is 1. The Kier molecular flexibility index (Phi) is 3.08. The number of hydrogen-bond donors (Lipinski definition) is 0. The predicted octanol–water partition coefficient (Wildman–Crippen LogP) is 4.71. The van der Waals surface area contributed by atoms with Gasteiger partial charge in [-0.05, 0) is 30.3 Å². The van der Waals surface area contributed by atoms with Gasteiger partial charge in [0.2, 0.25) is 0 Å². The summed E-state index contributed by atoms with van der Waals surface area (Å²) in [5.41, 5.74) is 0.495. The van der Waals surface area contributed by atoms with Crippen LogP contribution in [0, 0.1) is 10.1 Å². The molecule has 0 saturated carbocycles. The Morgan fingerprint density at radius 1 is 1.15 bits per heavy atom. The molecule has 5 nitrogen and oxygen atoms in total. The summed E-state index contributed by atoms with van der Waals surface area (Å²) in [5, 5.41) is 12.5. The fourth-order valence-corrected chi connectivity index (χ4v) is 2.22. The first-order valence-corrected chi connectivity index (χ1v) is 6.30. The van der Waals surface area contributed by atoms with Crippen LogP contribution in [0.25, 0.3) is 22.4 Å². The molecule has 0 fully saturated rings. The van der Waals surface area contributed by atoms with E-state index in [4.69, 9.17) is 27.6 Å². The van der Waals surface area contributed by atoms with Crippen LogP contribution in [0.5, 0.6) is 0 Å². The number of benzene rings is 1. The molecule has 0 aliphatic rings. The molecule has 100 valence electrons. The highest BCUT2D eigenvalue weighted by atomic mass is 35.5. The molecule has 0 atom stereocenters. The molecule has 2 heterocycles. The van der Waals surface area contributed by atoms with Crippen molar-refractivity contribution in [2.24, 2.45) is 0 Å². The van der Waals surface area contributed by atoms with Crippen molar-refractivity contribution in [1.29, 1.82) is 0 Å². The summed E-state index contributed by atoms with van der Waals surface area (Å²) in [7, 11) is 0. The molecule has 2 aromatic heterocycles. The average Bonchev–Trinajstić information content (AvgIpc) is 2.81. The standard InChI is InChI=1S/C13H6Cl2N2O3/c14-8-1-3-10-7(5-8)6-11(20-10)13-9(17(18)19)2-4-12(15)16-13/h1-6H. The van der Waals surface area contributed by atoms with Crippen molar-refractivity contribution in [2.75, 3.05) is 0 Å². The molecule has 0 N–H and O–H groups in total. The number of hydrogen-bond acceptors (Lipinski definition) is 4.